The van der Waals surface area contributed by atoms with Gasteiger partial charge in [-0.3, -0.25) is 0 Å². The molecule has 0 spiro atoms. The van der Waals surface area contributed by atoms with E-state index in [1.807, 2.05) is 24.3 Å². The van der Waals surface area contributed by atoms with Crippen LogP contribution in [0.4, 0.5) is 5.69 Å². The lowest BCUT2D eigenvalue weighted by Crippen LogP contribution is -2.46. The zero-order chi connectivity index (χ0) is 15.3. The van der Waals surface area contributed by atoms with Gasteiger partial charge in [0.25, 0.3) is 0 Å². The van der Waals surface area contributed by atoms with Gasteiger partial charge in [-0.05, 0) is 53.2 Å². The summed E-state index contributed by atoms with van der Waals surface area (Å²) in [5.74, 6) is -0.0485. The number of anilines is 1. The number of para-hydroxylation sites is 1. The van der Waals surface area contributed by atoms with Crippen molar-refractivity contribution < 1.29 is 9.90 Å². The van der Waals surface area contributed by atoms with E-state index in [1.165, 1.54) is 12.8 Å². The third kappa shape index (κ3) is 4.00. The molecule has 3 nitrogen and oxygen atoms in total. The van der Waals surface area contributed by atoms with E-state index in [0.29, 0.717) is 18.8 Å². The van der Waals surface area contributed by atoms with Gasteiger partial charge in [-0.15, -0.1) is 0 Å². The highest BCUT2D eigenvalue weighted by Crippen LogP contribution is 2.36. The molecular weight excluding hydrogens is 330 g/mol. The Morgan fingerprint density at radius 2 is 2.14 bits per heavy atom. The summed E-state index contributed by atoms with van der Waals surface area (Å²) in [5, 5.41) is 13.1. The molecule has 21 heavy (non-hydrogen) atoms. The normalized spacial score (nSPS) is 26.1. The first-order valence-electron chi connectivity index (χ1n) is 7.83. The monoisotopic (exact) mass is 353 g/mol. The van der Waals surface area contributed by atoms with Gasteiger partial charge in [0.1, 0.15) is 5.54 Å². The van der Waals surface area contributed by atoms with Crippen molar-refractivity contribution in [3.63, 3.8) is 0 Å². The Bertz CT molecular complexity index is 491. The first-order valence-corrected chi connectivity index (χ1v) is 8.63. The van der Waals surface area contributed by atoms with E-state index < -0.39 is 11.5 Å². The number of carboxylic acids is 1. The van der Waals surface area contributed by atoms with E-state index in [0.717, 1.165) is 29.4 Å². The molecule has 2 atom stereocenters. The molecule has 0 aliphatic heterocycles. The van der Waals surface area contributed by atoms with Gasteiger partial charge in [0.05, 0.1) is 0 Å². The highest BCUT2D eigenvalue weighted by atomic mass is 79.9. The van der Waals surface area contributed by atoms with Crippen molar-refractivity contribution >= 4 is 27.6 Å². The van der Waals surface area contributed by atoms with E-state index in [2.05, 4.69) is 28.2 Å². The molecule has 2 rings (SSSR count). The Balaban J connectivity index is 2.17. The summed E-state index contributed by atoms with van der Waals surface area (Å²) in [7, 11) is 0. The number of aliphatic carboxylic acids is 1. The molecule has 0 bridgehead atoms. The van der Waals surface area contributed by atoms with E-state index in [1.54, 1.807) is 0 Å². The van der Waals surface area contributed by atoms with Crippen LogP contribution in [0.5, 0.6) is 0 Å². The number of carbonyl (C=O) groups is 1. The van der Waals surface area contributed by atoms with E-state index in [9.17, 15) is 9.90 Å². The van der Waals surface area contributed by atoms with Crippen LogP contribution in [-0.2, 0) is 4.79 Å². The topological polar surface area (TPSA) is 49.3 Å². The average molecular weight is 354 g/mol. The highest BCUT2D eigenvalue weighted by molar-refractivity contribution is 9.10. The van der Waals surface area contributed by atoms with Crippen LogP contribution in [0.25, 0.3) is 0 Å². The number of nitrogens with one attached hydrogen (secondary N) is 1. The molecule has 1 saturated carbocycles. The summed E-state index contributed by atoms with van der Waals surface area (Å²) in [6, 6.07) is 7.74. The zero-order valence-corrected chi connectivity index (χ0v) is 14.2. The molecule has 2 N–H and O–H groups in total. The fourth-order valence-electron chi connectivity index (χ4n) is 3.32. The lowest BCUT2D eigenvalue weighted by Gasteiger charge is -2.31. The van der Waals surface area contributed by atoms with Gasteiger partial charge < -0.3 is 10.4 Å². The Labute approximate surface area is 135 Å². The SMILES string of the molecule is CCCC1CCCC(Nc2ccccc2Br)(C(=O)O)CC1. The van der Waals surface area contributed by atoms with Crippen molar-refractivity contribution in [2.24, 2.45) is 5.92 Å². The van der Waals surface area contributed by atoms with Crippen LogP contribution in [0, 0.1) is 5.92 Å². The Morgan fingerprint density at radius 1 is 1.38 bits per heavy atom. The lowest BCUT2D eigenvalue weighted by atomic mass is 9.88. The number of carboxylic acid groups (broad SMARTS) is 1. The summed E-state index contributed by atoms with van der Waals surface area (Å²) >= 11 is 3.50. The molecule has 4 heteroatoms. The fraction of sp³-hybridized carbons (Fsp3) is 0.588. The van der Waals surface area contributed by atoms with Crippen LogP contribution in [0.15, 0.2) is 28.7 Å². The molecule has 1 aromatic carbocycles. The Kier molecular flexibility index (Phi) is 5.68. The molecule has 0 radical (unpaired) electrons. The van der Waals surface area contributed by atoms with Crippen LogP contribution in [0.3, 0.4) is 0 Å². The molecule has 0 amide bonds. The molecule has 116 valence electrons. The second kappa shape index (κ2) is 7.30. The predicted molar refractivity (Wildman–Crippen MR) is 89.6 cm³/mol. The largest absolute Gasteiger partial charge is 0.480 e. The maximum absolute atomic E-state index is 11.9. The van der Waals surface area contributed by atoms with Crippen LogP contribution >= 0.6 is 15.9 Å². The van der Waals surface area contributed by atoms with Crippen molar-refractivity contribution in [3.05, 3.63) is 28.7 Å². The second-order valence-electron chi connectivity index (χ2n) is 6.08. The average Bonchev–Trinajstić information content (AvgIpc) is 2.66. The van der Waals surface area contributed by atoms with E-state index in [-0.39, 0.29) is 0 Å². The van der Waals surface area contributed by atoms with Crippen LogP contribution in [-0.4, -0.2) is 16.6 Å². The standard InChI is InChI=1S/C17H24BrNO2/c1-2-6-13-7-5-11-17(12-10-13,16(20)21)19-15-9-4-3-8-14(15)18/h3-4,8-9,13,19H,2,5-7,10-12H2,1H3,(H,20,21). The van der Waals surface area contributed by atoms with Gasteiger partial charge in [-0.2, -0.15) is 0 Å². The van der Waals surface area contributed by atoms with Crippen LogP contribution < -0.4 is 5.32 Å². The third-order valence-electron chi connectivity index (χ3n) is 4.55. The first kappa shape index (κ1) is 16.3. The first-order chi connectivity index (χ1) is 10.1. The second-order valence-corrected chi connectivity index (χ2v) is 6.93. The maximum Gasteiger partial charge on any atom is 0.329 e. The summed E-state index contributed by atoms with van der Waals surface area (Å²) in [6.07, 6.45) is 6.93. The molecule has 0 aromatic heterocycles. The van der Waals surface area contributed by atoms with Crippen LogP contribution in [0.1, 0.15) is 51.9 Å². The minimum absolute atomic E-state index is 0.678. The van der Waals surface area contributed by atoms with Crippen molar-refractivity contribution in [3.8, 4) is 0 Å². The third-order valence-corrected chi connectivity index (χ3v) is 5.24. The van der Waals surface area contributed by atoms with Gasteiger partial charge in [0, 0.05) is 10.2 Å². The number of hydrogen-bond acceptors (Lipinski definition) is 2. The van der Waals surface area contributed by atoms with Crippen molar-refractivity contribution in [1.82, 2.24) is 0 Å². The van der Waals surface area contributed by atoms with Gasteiger partial charge in [0.15, 0.2) is 0 Å². The minimum atomic E-state index is -0.827. The molecule has 1 aromatic rings. The molecule has 1 aliphatic carbocycles. The number of hydrogen-bond donors (Lipinski definition) is 2. The summed E-state index contributed by atoms with van der Waals surface area (Å²) < 4.78 is 0.917. The Morgan fingerprint density at radius 3 is 2.81 bits per heavy atom. The molecule has 2 unspecified atom stereocenters. The molecule has 0 heterocycles. The summed E-state index contributed by atoms with van der Waals surface area (Å²) in [5.41, 5.74) is 0.0423. The number of halogens is 1. The van der Waals surface area contributed by atoms with E-state index in [4.69, 9.17) is 0 Å². The number of rotatable bonds is 5. The minimum Gasteiger partial charge on any atom is -0.480 e. The van der Waals surface area contributed by atoms with Crippen molar-refractivity contribution in [2.45, 2.75) is 57.4 Å². The predicted octanol–water partition coefficient (Wildman–Crippen LogP) is 5.06. The van der Waals surface area contributed by atoms with Crippen molar-refractivity contribution in [1.29, 1.82) is 0 Å². The maximum atomic E-state index is 11.9. The molecule has 0 saturated heterocycles. The molecular formula is C17H24BrNO2. The quantitative estimate of drug-likeness (QED) is 0.726. The molecule has 1 aliphatic rings. The van der Waals surface area contributed by atoms with Gasteiger partial charge in [0.2, 0.25) is 0 Å². The zero-order valence-electron chi connectivity index (χ0n) is 12.6. The Hall–Kier alpha value is -1.03. The summed E-state index contributed by atoms with van der Waals surface area (Å²) in [4.78, 5) is 11.9. The summed E-state index contributed by atoms with van der Waals surface area (Å²) in [6.45, 7) is 2.20. The smallest absolute Gasteiger partial charge is 0.329 e. The lowest BCUT2D eigenvalue weighted by molar-refractivity contribution is -0.142. The fourth-order valence-corrected chi connectivity index (χ4v) is 3.71. The van der Waals surface area contributed by atoms with Crippen LogP contribution in [0.2, 0.25) is 0 Å². The van der Waals surface area contributed by atoms with Gasteiger partial charge in [-0.25, -0.2) is 4.79 Å². The van der Waals surface area contributed by atoms with E-state index >= 15 is 0 Å². The van der Waals surface area contributed by atoms with Gasteiger partial charge >= 0.3 is 5.97 Å². The van der Waals surface area contributed by atoms with Crippen molar-refractivity contribution in [2.75, 3.05) is 5.32 Å². The highest BCUT2D eigenvalue weighted by Gasteiger charge is 2.40. The van der Waals surface area contributed by atoms with Gasteiger partial charge in [-0.1, -0.05) is 44.7 Å². The molecule has 1 fully saturated rings. The number of benzene rings is 1.